The number of nitrogens with one attached hydrogen (secondary N) is 1. The van der Waals surface area contributed by atoms with Gasteiger partial charge in [-0.25, -0.2) is 0 Å². The van der Waals surface area contributed by atoms with Crippen LogP contribution in [0, 0.1) is 5.92 Å². The maximum atomic E-state index is 5.80. The molecule has 2 fully saturated rings. The van der Waals surface area contributed by atoms with Gasteiger partial charge in [0.05, 0.1) is 0 Å². The van der Waals surface area contributed by atoms with Crippen LogP contribution in [0.1, 0.15) is 38.5 Å². The average Bonchev–Trinajstić information content (AvgIpc) is 2.76. The van der Waals surface area contributed by atoms with E-state index in [1.807, 2.05) is 0 Å². The Hall–Kier alpha value is -0.120. The molecule has 0 spiro atoms. The molecule has 1 atom stereocenters. The molecule has 100 valence electrons. The molecule has 0 radical (unpaired) electrons. The van der Waals surface area contributed by atoms with Crippen molar-refractivity contribution in [1.29, 1.82) is 0 Å². The molecule has 0 amide bonds. The van der Waals surface area contributed by atoms with E-state index in [0.717, 1.165) is 25.2 Å². The molecule has 0 aromatic heterocycles. The van der Waals surface area contributed by atoms with E-state index in [-0.39, 0.29) is 0 Å². The smallest absolute Gasteiger partial charge is 0.0480 e. The molecule has 0 aliphatic carbocycles. The van der Waals surface area contributed by atoms with Gasteiger partial charge in [0.2, 0.25) is 0 Å². The summed E-state index contributed by atoms with van der Waals surface area (Å²) in [4.78, 5) is 2.48. The topological polar surface area (TPSA) is 24.5 Å². The van der Waals surface area contributed by atoms with Crippen LogP contribution in [-0.4, -0.2) is 50.8 Å². The van der Waals surface area contributed by atoms with E-state index in [0.29, 0.717) is 0 Å². The first-order chi connectivity index (χ1) is 8.36. The molecule has 3 nitrogen and oxygen atoms in total. The summed E-state index contributed by atoms with van der Waals surface area (Å²) in [5.74, 6) is 0.908. The van der Waals surface area contributed by atoms with E-state index in [2.05, 4.69) is 17.3 Å². The van der Waals surface area contributed by atoms with Crippen LogP contribution in [0.15, 0.2) is 0 Å². The normalized spacial score (nSPS) is 27.7. The molecule has 1 N–H and O–H groups in total. The first-order valence-corrected chi connectivity index (χ1v) is 7.35. The van der Waals surface area contributed by atoms with Gasteiger partial charge in [-0.3, -0.25) is 0 Å². The summed E-state index contributed by atoms with van der Waals surface area (Å²) < 4.78 is 5.80. The van der Waals surface area contributed by atoms with Gasteiger partial charge in [0.1, 0.15) is 0 Å². The number of hydrogen-bond acceptors (Lipinski definition) is 3. The molecule has 0 bridgehead atoms. The molecule has 2 heterocycles. The summed E-state index contributed by atoms with van der Waals surface area (Å²) in [6.07, 6.45) is 7.92. The van der Waals surface area contributed by atoms with Crippen molar-refractivity contribution in [3.8, 4) is 0 Å². The lowest BCUT2D eigenvalue weighted by Crippen LogP contribution is -2.28. The van der Waals surface area contributed by atoms with Crippen molar-refractivity contribution >= 4 is 0 Å². The molecule has 0 saturated carbocycles. The third-order valence-corrected chi connectivity index (χ3v) is 4.40. The van der Waals surface area contributed by atoms with Crippen LogP contribution in [0.4, 0.5) is 0 Å². The Morgan fingerprint density at radius 2 is 1.88 bits per heavy atom. The van der Waals surface area contributed by atoms with E-state index >= 15 is 0 Å². The molecule has 0 aromatic carbocycles. The Morgan fingerprint density at radius 3 is 2.59 bits per heavy atom. The second kappa shape index (κ2) is 7.34. The van der Waals surface area contributed by atoms with Gasteiger partial charge >= 0.3 is 0 Å². The Labute approximate surface area is 106 Å². The number of ether oxygens (including phenoxy) is 1. The van der Waals surface area contributed by atoms with Crippen molar-refractivity contribution < 1.29 is 4.74 Å². The predicted octanol–water partition coefficient (Wildman–Crippen LogP) is 1.88. The van der Waals surface area contributed by atoms with Gasteiger partial charge < -0.3 is 15.0 Å². The number of rotatable bonds is 6. The van der Waals surface area contributed by atoms with Crippen molar-refractivity contribution in [2.24, 2.45) is 5.92 Å². The fourth-order valence-electron chi connectivity index (χ4n) is 3.09. The minimum Gasteiger partial charge on any atom is -0.381 e. The molecule has 2 saturated heterocycles. The fourth-order valence-corrected chi connectivity index (χ4v) is 3.09. The van der Waals surface area contributed by atoms with Crippen molar-refractivity contribution in [2.45, 2.75) is 44.6 Å². The first-order valence-electron chi connectivity index (χ1n) is 7.35. The standard InChI is InChI=1S/C14H28N2O/c1-16-10-2-3-14(16)7-12-17-11-6-13-4-8-15-9-5-13/h13-15H,2-12H2,1H3. The quantitative estimate of drug-likeness (QED) is 0.717. The fraction of sp³-hybridized carbons (Fsp3) is 1.00. The minimum atomic E-state index is 0.786. The lowest BCUT2D eigenvalue weighted by atomic mass is 9.95. The van der Waals surface area contributed by atoms with Gasteiger partial charge in [-0.05, 0) is 71.1 Å². The summed E-state index contributed by atoms with van der Waals surface area (Å²) in [5, 5.41) is 3.41. The molecule has 0 aromatic rings. The van der Waals surface area contributed by atoms with Crippen molar-refractivity contribution in [3.63, 3.8) is 0 Å². The number of hydrogen-bond donors (Lipinski definition) is 1. The first kappa shape index (κ1) is 13.3. The molecular formula is C14H28N2O. The van der Waals surface area contributed by atoms with Gasteiger partial charge in [0.25, 0.3) is 0 Å². The molecule has 2 rings (SSSR count). The average molecular weight is 240 g/mol. The Balaban J connectivity index is 1.45. The highest BCUT2D eigenvalue weighted by atomic mass is 16.5. The lowest BCUT2D eigenvalue weighted by Gasteiger charge is -2.23. The van der Waals surface area contributed by atoms with Crippen molar-refractivity contribution in [2.75, 3.05) is 39.9 Å². The summed E-state index contributed by atoms with van der Waals surface area (Å²) in [5.41, 5.74) is 0. The van der Waals surface area contributed by atoms with Crippen LogP contribution in [0.25, 0.3) is 0 Å². The van der Waals surface area contributed by atoms with Crippen LogP contribution < -0.4 is 5.32 Å². The Morgan fingerprint density at radius 1 is 1.12 bits per heavy atom. The summed E-state index contributed by atoms with van der Waals surface area (Å²) >= 11 is 0. The summed E-state index contributed by atoms with van der Waals surface area (Å²) in [6.45, 7) is 5.62. The van der Waals surface area contributed by atoms with E-state index in [1.165, 1.54) is 58.2 Å². The van der Waals surface area contributed by atoms with Crippen LogP contribution >= 0.6 is 0 Å². The van der Waals surface area contributed by atoms with Gasteiger partial charge in [0.15, 0.2) is 0 Å². The molecule has 2 aliphatic rings. The highest BCUT2D eigenvalue weighted by Gasteiger charge is 2.20. The number of piperidine rings is 1. The van der Waals surface area contributed by atoms with E-state index in [9.17, 15) is 0 Å². The molecular weight excluding hydrogens is 212 g/mol. The second-order valence-corrected chi connectivity index (χ2v) is 5.66. The van der Waals surface area contributed by atoms with Crippen LogP contribution in [0.3, 0.4) is 0 Å². The highest BCUT2D eigenvalue weighted by molar-refractivity contribution is 4.75. The molecule has 17 heavy (non-hydrogen) atoms. The monoisotopic (exact) mass is 240 g/mol. The number of nitrogens with zero attached hydrogens (tertiary/aromatic N) is 1. The largest absolute Gasteiger partial charge is 0.381 e. The molecule has 3 heteroatoms. The minimum absolute atomic E-state index is 0.786. The van der Waals surface area contributed by atoms with Crippen LogP contribution in [0.5, 0.6) is 0 Å². The Bertz CT molecular complexity index is 204. The SMILES string of the molecule is CN1CCCC1CCOCCC1CCNCC1. The van der Waals surface area contributed by atoms with E-state index in [1.54, 1.807) is 0 Å². The summed E-state index contributed by atoms with van der Waals surface area (Å²) in [7, 11) is 2.24. The Kier molecular flexibility index (Phi) is 5.75. The maximum absolute atomic E-state index is 5.80. The highest BCUT2D eigenvalue weighted by Crippen LogP contribution is 2.18. The zero-order valence-corrected chi connectivity index (χ0v) is 11.3. The number of likely N-dealkylation sites (tertiary alicyclic amines) is 1. The lowest BCUT2D eigenvalue weighted by molar-refractivity contribution is 0.0982. The van der Waals surface area contributed by atoms with E-state index in [4.69, 9.17) is 4.74 Å². The van der Waals surface area contributed by atoms with Crippen LogP contribution in [-0.2, 0) is 4.74 Å². The molecule has 2 aliphatic heterocycles. The third-order valence-electron chi connectivity index (χ3n) is 4.40. The van der Waals surface area contributed by atoms with Gasteiger partial charge in [0, 0.05) is 19.3 Å². The van der Waals surface area contributed by atoms with Gasteiger partial charge in [-0.1, -0.05) is 0 Å². The van der Waals surface area contributed by atoms with Gasteiger partial charge in [-0.2, -0.15) is 0 Å². The molecule has 1 unspecified atom stereocenters. The van der Waals surface area contributed by atoms with Crippen molar-refractivity contribution in [3.05, 3.63) is 0 Å². The maximum Gasteiger partial charge on any atom is 0.0480 e. The zero-order valence-electron chi connectivity index (χ0n) is 11.3. The van der Waals surface area contributed by atoms with E-state index < -0.39 is 0 Å². The third kappa shape index (κ3) is 4.57. The summed E-state index contributed by atoms with van der Waals surface area (Å²) in [6, 6.07) is 0.786. The second-order valence-electron chi connectivity index (χ2n) is 5.66. The zero-order chi connectivity index (χ0) is 11.9. The van der Waals surface area contributed by atoms with Crippen molar-refractivity contribution in [1.82, 2.24) is 10.2 Å². The predicted molar refractivity (Wildman–Crippen MR) is 71.3 cm³/mol. The van der Waals surface area contributed by atoms with Gasteiger partial charge in [-0.15, -0.1) is 0 Å². The van der Waals surface area contributed by atoms with Crippen LogP contribution in [0.2, 0.25) is 0 Å².